The van der Waals surface area contributed by atoms with Crippen molar-refractivity contribution in [1.82, 2.24) is 5.43 Å². The Balaban J connectivity index is 1.33. The van der Waals surface area contributed by atoms with Gasteiger partial charge in [-0.3, -0.25) is 13.9 Å². The molecule has 2 N–H and O–H groups in total. The predicted octanol–water partition coefficient (Wildman–Crippen LogP) is 4.67. The van der Waals surface area contributed by atoms with Gasteiger partial charge in [0, 0.05) is 5.69 Å². The van der Waals surface area contributed by atoms with Gasteiger partial charge in [-0.1, -0.05) is 48.0 Å². The van der Waals surface area contributed by atoms with Crippen molar-refractivity contribution in [1.29, 1.82) is 0 Å². The number of anilines is 2. The van der Waals surface area contributed by atoms with Gasteiger partial charge in [0.1, 0.15) is 12.3 Å². The zero-order valence-electron chi connectivity index (χ0n) is 22.7. The van der Waals surface area contributed by atoms with Crippen LogP contribution in [-0.4, -0.2) is 39.6 Å². The maximum atomic E-state index is 13.4. The van der Waals surface area contributed by atoms with Gasteiger partial charge in [-0.25, -0.2) is 13.8 Å². The fourth-order valence-electron chi connectivity index (χ4n) is 3.80. The highest BCUT2D eigenvalue weighted by atomic mass is 32.2. The molecule has 0 atom stereocenters. The van der Waals surface area contributed by atoms with Gasteiger partial charge >= 0.3 is 0 Å². The molecule has 0 aliphatic heterocycles. The number of carbonyl (C=O) groups is 2. The van der Waals surface area contributed by atoms with E-state index in [1.54, 1.807) is 60.7 Å². The first-order chi connectivity index (χ1) is 19.7. The number of hydrazone groups is 1. The molecule has 0 aliphatic carbocycles. The van der Waals surface area contributed by atoms with Crippen LogP contribution < -0.4 is 19.8 Å². The number of hydrogen-bond acceptors (Lipinski definition) is 6. The maximum Gasteiger partial charge on any atom is 0.264 e. The van der Waals surface area contributed by atoms with Crippen molar-refractivity contribution in [3.8, 4) is 5.75 Å². The lowest BCUT2D eigenvalue weighted by molar-refractivity contribution is -0.119. The Morgan fingerprint density at radius 3 is 2.22 bits per heavy atom. The summed E-state index contributed by atoms with van der Waals surface area (Å²) in [6, 6.07) is 29.1. The number of benzene rings is 4. The molecule has 0 saturated carbocycles. The molecule has 0 spiro atoms. The molecule has 0 aromatic heterocycles. The Labute approximate surface area is 239 Å². The molecule has 4 rings (SSSR count). The number of rotatable bonds is 11. The highest BCUT2D eigenvalue weighted by molar-refractivity contribution is 7.92. The van der Waals surface area contributed by atoms with Gasteiger partial charge in [0.05, 0.1) is 16.8 Å². The minimum Gasteiger partial charge on any atom is -0.484 e. The van der Waals surface area contributed by atoms with E-state index in [1.807, 2.05) is 44.2 Å². The zero-order valence-corrected chi connectivity index (χ0v) is 23.5. The van der Waals surface area contributed by atoms with Crippen molar-refractivity contribution in [2.75, 3.05) is 22.8 Å². The average Bonchev–Trinajstić information content (AvgIpc) is 2.97. The van der Waals surface area contributed by atoms with Crippen molar-refractivity contribution in [2.45, 2.75) is 18.7 Å². The summed E-state index contributed by atoms with van der Waals surface area (Å²) in [6.45, 7) is 3.20. The molecule has 4 aromatic carbocycles. The second-order valence-corrected chi connectivity index (χ2v) is 11.1. The fourth-order valence-corrected chi connectivity index (χ4v) is 5.23. The molecule has 0 radical (unpaired) electrons. The average molecular weight is 571 g/mol. The molecule has 2 amide bonds. The minimum absolute atomic E-state index is 0.0766. The van der Waals surface area contributed by atoms with Crippen molar-refractivity contribution >= 4 is 39.4 Å². The Morgan fingerprint density at radius 2 is 1.54 bits per heavy atom. The summed E-state index contributed by atoms with van der Waals surface area (Å²) >= 11 is 0. The van der Waals surface area contributed by atoms with Crippen molar-refractivity contribution in [3.05, 3.63) is 120 Å². The first-order valence-corrected chi connectivity index (χ1v) is 14.2. The predicted molar refractivity (Wildman–Crippen MR) is 160 cm³/mol. The van der Waals surface area contributed by atoms with Crippen molar-refractivity contribution < 1.29 is 22.7 Å². The van der Waals surface area contributed by atoms with Crippen molar-refractivity contribution in [3.63, 3.8) is 0 Å². The summed E-state index contributed by atoms with van der Waals surface area (Å²) in [5, 5.41) is 6.73. The van der Waals surface area contributed by atoms with E-state index in [0.29, 0.717) is 22.7 Å². The van der Waals surface area contributed by atoms with Crippen molar-refractivity contribution in [2.24, 2.45) is 5.10 Å². The van der Waals surface area contributed by atoms with E-state index in [9.17, 15) is 18.0 Å². The molecule has 0 bridgehead atoms. The number of nitrogens with zero attached hydrogens (tertiary/aromatic N) is 2. The molecule has 0 aliphatic rings. The quantitative estimate of drug-likeness (QED) is 0.201. The summed E-state index contributed by atoms with van der Waals surface area (Å²) in [5.41, 5.74) is 6.07. The molecule has 210 valence electrons. The third kappa shape index (κ3) is 8.26. The molecular formula is C31H30N4O5S. The van der Waals surface area contributed by atoms with Crippen LogP contribution in [0.25, 0.3) is 0 Å². The smallest absolute Gasteiger partial charge is 0.264 e. The van der Waals surface area contributed by atoms with Crippen LogP contribution in [0.3, 0.4) is 0 Å². The third-order valence-corrected chi connectivity index (χ3v) is 7.68. The maximum absolute atomic E-state index is 13.4. The summed E-state index contributed by atoms with van der Waals surface area (Å²) in [7, 11) is -4.00. The highest BCUT2D eigenvalue weighted by Crippen LogP contribution is 2.24. The zero-order chi connectivity index (χ0) is 29.2. The molecule has 10 heteroatoms. The standard InChI is InChI=1S/C31H30N4O5S/c1-23-11-15-26(16-12-23)33-31(37)22-40-28-17-13-25(14-18-28)20-32-34-30(36)21-35(27-8-6-7-24(2)19-27)41(38,39)29-9-4-3-5-10-29/h3-20H,21-22H2,1-2H3,(H,33,37)(H,34,36)/b32-20-. The highest BCUT2D eigenvalue weighted by Gasteiger charge is 2.27. The van der Waals surface area contributed by atoms with Gasteiger partial charge < -0.3 is 10.1 Å². The van der Waals surface area contributed by atoms with Crippen LogP contribution in [0, 0.1) is 13.8 Å². The molecule has 0 heterocycles. The van der Waals surface area contributed by atoms with Crippen LogP contribution in [-0.2, 0) is 19.6 Å². The Morgan fingerprint density at radius 1 is 0.829 bits per heavy atom. The topological polar surface area (TPSA) is 117 Å². The first-order valence-electron chi connectivity index (χ1n) is 12.8. The van der Waals surface area contributed by atoms with E-state index in [0.717, 1.165) is 15.4 Å². The minimum atomic E-state index is -4.00. The Hall–Kier alpha value is -4.96. The Kier molecular flexibility index (Phi) is 9.49. The number of carbonyl (C=O) groups excluding carboxylic acids is 2. The molecule has 4 aromatic rings. The van der Waals surface area contributed by atoms with Crippen LogP contribution in [0.4, 0.5) is 11.4 Å². The number of aryl methyl sites for hydroxylation is 2. The summed E-state index contributed by atoms with van der Waals surface area (Å²) < 4.78 is 33.3. The van der Waals surface area contributed by atoms with Gasteiger partial charge in [-0.2, -0.15) is 5.10 Å². The molecule has 9 nitrogen and oxygen atoms in total. The molecule has 0 fully saturated rings. The lowest BCUT2D eigenvalue weighted by atomic mass is 10.2. The SMILES string of the molecule is Cc1ccc(NC(=O)COc2ccc(/C=N\NC(=O)CN(c3cccc(C)c3)S(=O)(=O)c3ccccc3)cc2)cc1. The summed E-state index contributed by atoms with van der Waals surface area (Å²) in [6.07, 6.45) is 1.43. The van der Waals surface area contributed by atoms with E-state index in [4.69, 9.17) is 4.74 Å². The molecule has 0 saturated heterocycles. The van der Waals surface area contributed by atoms with E-state index >= 15 is 0 Å². The summed E-state index contributed by atoms with van der Waals surface area (Å²) in [5.74, 6) is -0.400. The van der Waals surface area contributed by atoms with E-state index in [-0.39, 0.29) is 17.4 Å². The van der Waals surface area contributed by atoms with Gasteiger partial charge in [-0.15, -0.1) is 0 Å². The molecule has 41 heavy (non-hydrogen) atoms. The number of ether oxygens (including phenoxy) is 1. The van der Waals surface area contributed by atoms with Gasteiger partial charge in [0.15, 0.2) is 6.61 Å². The fraction of sp³-hybridized carbons (Fsp3) is 0.129. The van der Waals surface area contributed by atoms with Crippen LogP contribution in [0.15, 0.2) is 113 Å². The lowest BCUT2D eigenvalue weighted by Gasteiger charge is -2.24. The monoisotopic (exact) mass is 570 g/mol. The van der Waals surface area contributed by atoms with Crippen LogP contribution in [0.2, 0.25) is 0 Å². The number of hydrogen-bond donors (Lipinski definition) is 2. The largest absolute Gasteiger partial charge is 0.484 e. The number of sulfonamides is 1. The number of amides is 2. The second kappa shape index (κ2) is 13.4. The van der Waals surface area contributed by atoms with Crippen LogP contribution in [0.5, 0.6) is 5.75 Å². The van der Waals surface area contributed by atoms with E-state index in [2.05, 4.69) is 15.8 Å². The normalized spacial score (nSPS) is 11.2. The van der Waals surface area contributed by atoms with E-state index < -0.39 is 22.5 Å². The summed E-state index contributed by atoms with van der Waals surface area (Å²) in [4.78, 5) is 24.9. The third-order valence-electron chi connectivity index (χ3n) is 5.90. The number of nitrogens with one attached hydrogen (secondary N) is 2. The lowest BCUT2D eigenvalue weighted by Crippen LogP contribution is -2.39. The van der Waals surface area contributed by atoms with Gasteiger partial charge in [0.2, 0.25) is 0 Å². The van der Waals surface area contributed by atoms with Gasteiger partial charge in [0.25, 0.3) is 21.8 Å². The molecule has 0 unspecified atom stereocenters. The second-order valence-electron chi connectivity index (χ2n) is 9.23. The van der Waals surface area contributed by atoms with Crippen LogP contribution >= 0.6 is 0 Å². The Bertz CT molecular complexity index is 1620. The van der Waals surface area contributed by atoms with Crippen LogP contribution in [0.1, 0.15) is 16.7 Å². The van der Waals surface area contributed by atoms with E-state index in [1.165, 1.54) is 18.3 Å². The first kappa shape index (κ1) is 29.0. The molecular weight excluding hydrogens is 540 g/mol. The van der Waals surface area contributed by atoms with Gasteiger partial charge in [-0.05, 0) is 85.6 Å².